The second kappa shape index (κ2) is 7.03. The molecule has 24 heavy (non-hydrogen) atoms. The number of non-ortho nitro benzene ring substituents is 1. The summed E-state index contributed by atoms with van der Waals surface area (Å²) in [5.74, 6) is 0.497. The average molecular weight is 327 g/mol. The van der Waals surface area contributed by atoms with E-state index in [-0.39, 0.29) is 17.6 Å². The van der Waals surface area contributed by atoms with Crippen molar-refractivity contribution in [3.8, 4) is 0 Å². The Labute approximate surface area is 138 Å². The zero-order valence-corrected chi connectivity index (χ0v) is 13.0. The third-order valence-corrected chi connectivity index (χ3v) is 4.01. The van der Waals surface area contributed by atoms with E-state index in [0.717, 1.165) is 25.9 Å². The van der Waals surface area contributed by atoms with E-state index < -0.39 is 4.92 Å². The molecule has 0 spiro atoms. The third-order valence-electron chi connectivity index (χ3n) is 4.01. The minimum absolute atomic E-state index is 0.0253. The van der Waals surface area contributed by atoms with Gasteiger partial charge >= 0.3 is 0 Å². The van der Waals surface area contributed by atoms with Gasteiger partial charge in [0.15, 0.2) is 0 Å². The summed E-state index contributed by atoms with van der Waals surface area (Å²) < 4.78 is 0. The normalized spacial score (nSPS) is 15.1. The molecule has 0 radical (unpaired) electrons. The molecule has 1 N–H and O–H groups in total. The van der Waals surface area contributed by atoms with Gasteiger partial charge in [-0.3, -0.25) is 14.9 Å². The molecule has 2 aromatic rings. The summed E-state index contributed by atoms with van der Waals surface area (Å²) in [6.45, 7) is 1.55. The lowest BCUT2D eigenvalue weighted by Gasteiger charge is -2.32. The second-order valence-electron chi connectivity index (χ2n) is 5.59. The van der Waals surface area contributed by atoms with Gasteiger partial charge in [-0.1, -0.05) is 0 Å². The maximum absolute atomic E-state index is 12.2. The standard InChI is InChI=1S/C16H17N5O3/c22-15(12-2-4-14(5-3-12)21(23)24)19-13-6-10-20(11-7-13)16-17-8-1-9-18-16/h1-5,8-9,13H,6-7,10-11H2,(H,19,22). The molecular weight excluding hydrogens is 310 g/mol. The number of piperidine rings is 1. The molecule has 1 fully saturated rings. The molecule has 1 aliphatic heterocycles. The fourth-order valence-electron chi connectivity index (χ4n) is 2.68. The van der Waals surface area contributed by atoms with Gasteiger partial charge in [0.25, 0.3) is 11.6 Å². The summed E-state index contributed by atoms with van der Waals surface area (Å²) in [5, 5.41) is 13.6. The van der Waals surface area contributed by atoms with Crippen LogP contribution in [0.2, 0.25) is 0 Å². The van der Waals surface area contributed by atoms with Gasteiger partial charge in [-0.05, 0) is 31.0 Å². The number of nitro groups is 1. The fourth-order valence-corrected chi connectivity index (χ4v) is 2.68. The first kappa shape index (κ1) is 15.9. The topological polar surface area (TPSA) is 101 Å². The number of hydrogen-bond donors (Lipinski definition) is 1. The van der Waals surface area contributed by atoms with E-state index in [0.29, 0.717) is 11.5 Å². The second-order valence-corrected chi connectivity index (χ2v) is 5.59. The quantitative estimate of drug-likeness (QED) is 0.678. The minimum Gasteiger partial charge on any atom is -0.349 e. The van der Waals surface area contributed by atoms with Crippen molar-refractivity contribution in [2.24, 2.45) is 0 Å². The third kappa shape index (κ3) is 3.65. The number of nitrogens with one attached hydrogen (secondary N) is 1. The molecule has 1 aromatic heterocycles. The van der Waals surface area contributed by atoms with Crippen LogP contribution in [0.25, 0.3) is 0 Å². The number of aromatic nitrogens is 2. The highest BCUT2D eigenvalue weighted by molar-refractivity contribution is 5.94. The van der Waals surface area contributed by atoms with Crippen LogP contribution in [0, 0.1) is 10.1 Å². The highest BCUT2D eigenvalue weighted by Crippen LogP contribution is 2.16. The zero-order chi connectivity index (χ0) is 16.9. The lowest BCUT2D eigenvalue weighted by atomic mass is 10.0. The number of benzene rings is 1. The van der Waals surface area contributed by atoms with Crippen molar-refractivity contribution in [2.45, 2.75) is 18.9 Å². The van der Waals surface area contributed by atoms with Crippen LogP contribution in [0.1, 0.15) is 23.2 Å². The molecule has 0 aliphatic carbocycles. The van der Waals surface area contributed by atoms with Gasteiger partial charge in [0.05, 0.1) is 4.92 Å². The molecule has 3 rings (SSSR count). The van der Waals surface area contributed by atoms with Gasteiger partial charge in [-0.25, -0.2) is 9.97 Å². The van der Waals surface area contributed by atoms with E-state index in [1.165, 1.54) is 24.3 Å². The van der Waals surface area contributed by atoms with Crippen LogP contribution < -0.4 is 10.2 Å². The van der Waals surface area contributed by atoms with Crippen molar-refractivity contribution in [3.05, 3.63) is 58.4 Å². The van der Waals surface area contributed by atoms with Crippen LogP contribution in [-0.4, -0.2) is 39.9 Å². The molecule has 1 aliphatic rings. The Bertz CT molecular complexity index is 712. The SMILES string of the molecule is O=C(NC1CCN(c2ncccn2)CC1)c1ccc([N+](=O)[O-])cc1. The summed E-state index contributed by atoms with van der Waals surface area (Å²) in [6.07, 6.45) is 5.03. The molecule has 0 saturated carbocycles. The van der Waals surface area contributed by atoms with E-state index in [9.17, 15) is 14.9 Å². The molecular formula is C16H17N5O3. The van der Waals surface area contributed by atoms with Crippen molar-refractivity contribution in [2.75, 3.05) is 18.0 Å². The number of carbonyl (C=O) groups excluding carboxylic acids is 1. The van der Waals surface area contributed by atoms with Crippen LogP contribution in [0.15, 0.2) is 42.7 Å². The molecule has 124 valence electrons. The summed E-state index contributed by atoms with van der Waals surface area (Å²) in [6, 6.07) is 7.48. The molecule has 2 heterocycles. The molecule has 1 aromatic carbocycles. The number of anilines is 1. The van der Waals surface area contributed by atoms with Crippen LogP contribution in [0.5, 0.6) is 0 Å². The lowest BCUT2D eigenvalue weighted by molar-refractivity contribution is -0.384. The average Bonchev–Trinajstić information content (AvgIpc) is 2.63. The molecule has 0 atom stereocenters. The first-order valence-electron chi connectivity index (χ1n) is 7.71. The number of nitro benzene ring substituents is 1. The Morgan fingerprint density at radius 2 is 1.79 bits per heavy atom. The van der Waals surface area contributed by atoms with Crippen LogP contribution in [0.3, 0.4) is 0 Å². The van der Waals surface area contributed by atoms with Crippen LogP contribution in [-0.2, 0) is 0 Å². The van der Waals surface area contributed by atoms with Crippen molar-refractivity contribution >= 4 is 17.5 Å². The van der Waals surface area contributed by atoms with Crippen LogP contribution in [0.4, 0.5) is 11.6 Å². The Hall–Kier alpha value is -3.03. The molecule has 1 amide bonds. The number of carbonyl (C=O) groups is 1. The Morgan fingerprint density at radius 1 is 1.17 bits per heavy atom. The molecule has 8 nitrogen and oxygen atoms in total. The zero-order valence-electron chi connectivity index (χ0n) is 13.0. The summed E-state index contributed by atoms with van der Waals surface area (Å²) in [7, 11) is 0. The van der Waals surface area contributed by atoms with Gasteiger partial charge in [-0.2, -0.15) is 0 Å². The van der Waals surface area contributed by atoms with E-state index in [1.807, 2.05) is 0 Å². The van der Waals surface area contributed by atoms with E-state index in [2.05, 4.69) is 20.2 Å². The maximum atomic E-state index is 12.2. The Morgan fingerprint density at radius 3 is 2.38 bits per heavy atom. The highest BCUT2D eigenvalue weighted by atomic mass is 16.6. The van der Waals surface area contributed by atoms with Crippen molar-refractivity contribution in [1.82, 2.24) is 15.3 Å². The summed E-state index contributed by atoms with van der Waals surface area (Å²) in [4.78, 5) is 32.9. The number of amides is 1. The van der Waals surface area contributed by atoms with Crippen molar-refractivity contribution in [3.63, 3.8) is 0 Å². The van der Waals surface area contributed by atoms with E-state index >= 15 is 0 Å². The van der Waals surface area contributed by atoms with E-state index in [1.54, 1.807) is 18.5 Å². The number of hydrogen-bond acceptors (Lipinski definition) is 6. The minimum atomic E-state index is -0.483. The first-order valence-corrected chi connectivity index (χ1v) is 7.71. The summed E-state index contributed by atoms with van der Waals surface area (Å²) in [5.41, 5.74) is 0.400. The molecule has 1 saturated heterocycles. The van der Waals surface area contributed by atoms with E-state index in [4.69, 9.17) is 0 Å². The van der Waals surface area contributed by atoms with Gasteiger partial charge in [0.1, 0.15) is 0 Å². The predicted octanol–water partition coefficient (Wildman–Crippen LogP) is 1.78. The smallest absolute Gasteiger partial charge is 0.269 e. The summed E-state index contributed by atoms with van der Waals surface area (Å²) >= 11 is 0. The van der Waals surface area contributed by atoms with Gasteiger partial charge < -0.3 is 10.2 Å². The van der Waals surface area contributed by atoms with Gasteiger partial charge in [-0.15, -0.1) is 0 Å². The highest BCUT2D eigenvalue weighted by Gasteiger charge is 2.22. The molecule has 0 unspecified atom stereocenters. The lowest BCUT2D eigenvalue weighted by Crippen LogP contribution is -2.45. The number of nitrogens with zero attached hydrogens (tertiary/aromatic N) is 4. The molecule has 0 bridgehead atoms. The molecule has 8 heteroatoms. The fraction of sp³-hybridized carbons (Fsp3) is 0.312. The monoisotopic (exact) mass is 327 g/mol. The first-order chi connectivity index (χ1) is 11.6. The van der Waals surface area contributed by atoms with Gasteiger partial charge in [0, 0.05) is 49.2 Å². The predicted molar refractivity (Wildman–Crippen MR) is 87.8 cm³/mol. The van der Waals surface area contributed by atoms with Crippen molar-refractivity contribution < 1.29 is 9.72 Å². The number of rotatable bonds is 4. The van der Waals surface area contributed by atoms with Gasteiger partial charge in [0.2, 0.25) is 5.95 Å². The largest absolute Gasteiger partial charge is 0.349 e. The maximum Gasteiger partial charge on any atom is 0.269 e. The van der Waals surface area contributed by atoms with Crippen LogP contribution >= 0.6 is 0 Å². The van der Waals surface area contributed by atoms with Crippen molar-refractivity contribution in [1.29, 1.82) is 0 Å². The Kier molecular flexibility index (Phi) is 4.64. The Balaban J connectivity index is 1.54.